The van der Waals surface area contributed by atoms with Crippen LogP contribution in [0, 0.1) is 0 Å². The number of nitrogens with one attached hydrogen (secondary N) is 1. The van der Waals surface area contributed by atoms with Crippen LogP contribution >= 0.6 is 22.9 Å². The fraction of sp³-hybridized carbons (Fsp3) is 0.120. The number of hydrogen-bond acceptors (Lipinski definition) is 5. The molecule has 4 heterocycles. The summed E-state index contributed by atoms with van der Waals surface area (Å²) in [7, 11) is 0. The fourth-order valence-corrected chi connectivity index (χ4v) is 5.01. The molecule has 0 aliphatic carbocycles. The summed E-state index contributed by atoms with van der Waals surface area (Å²) < 4.78 is 40.7. The molecule has 11 heteroatoms. The highest BCUT2D eigenvalue weighted by Gasteiger charge is 2.30. The molecule has 5 aromatic rings. The van der Waals surface area contributed by atoms with E-state index in [4.69, 9.17) is 11.6 Å². The van der Waals surface area contributed by atoms with Gasteiger partial charge in [-0.15, -0.1) is 11.3 Å². The van der Waals surface area contributed by atoms with E-state index in [1.807, 2.05) is 6.07 Å². The summed E-state index contributed by atoms with van der Waals surface area (Å²) >= 11 is 7.52. The van der Waals surface area contributed by atoms with Crippen molar-refractivity contribution in [1.82, 2.24) is 19.9 Å². The monoisotopic (exact) mass is 528 g/mol. The van der Waals surface area contributed by atoms with Crippen LogP contribution in [-0.2, 0) is 6.18 Å². The summed E-state index contributed by atoms with van der Waals surface area (Å²) in [5.41, 5.74) is 0.295. The lowest BCUT2D eigenvalue weighted by molar-refractivity contribution is -0.137. The highest BCUT2D eigenvalue weighted by Crippen LogP contribution is 2.35. The summed E-state index contributed by atoms with van der Waals surface area (Å²) in [5.74, 6) is -0.457. The first kappa shape index (κ1) is 24.0. The third-order valence-electron chi connectivity index (χ3n) is 5.70. The standard InChI is InChI=1S/C25H16ClF3N4O2S/c1-13(17-4-2-3-11-30-17)31-23(34)18-9-10-19-21(32-18)20-16(12-36-22(20)26)24(35)33(19)15-7-5-14(6-8-15)25(27,28)29/h2-13H,1H3,(H,31,34)/t13-/m0/s1. The number of aromatic nitrogens is 3. The number of carbonyl (C=O) groups is 1. The average Bonchev–Trinajstić information content (AvgIpc) is 3.26. The molecule has 0 fully saturated rings. The number of carbonyl (C=O) groups excluding carboxylic acids is 1. The van der Waals surface area contributed by atoms with E-state index in [1.54, 1.807) is 30.6 Å². The quantitative estimate of drug-likeness (QED) is 0.303. The van der Waals surface area contributed by atoms with Gasteiger partial charge in [-0.1, -0.05) is 17.7 Å². The van der Waals surface area contributed by atoms with Gasteiger partial charge in [0, 0.05) is 22.7 Å². The van der Waals surface area contributed by atoms with Gasteiger partial charge in [-0.3, -0.25) is 19.1 Å². The Kier molecular flexibility index (Phi) is 6.01. The lowest BCUT2D eigenvalue weighted by atomic mass is 10.1. The van der Waals surface area contributed by atoms with Crippen molar-refractivity contribution < 1.29 is 18.0 Å². The van der Waals surface area contributed by atoms with Crippen molar-refractivity contribution in [3.63, 3.8) is 0 Å². The summed E-state index contributed by atoms with van der Waals surface area (Å²) in [4.78, 5) is 35.1. The van der Waals surface area contributed by atoms with Gasteiger partial charge in [0.05, 0.1) is 33.7 Å². The van der Waals surface area contributed by atoms with Crippen molar-refractivity contribution in [2.75, 3.05) is 0 Å². The summed E-state index contributed by atoms with van der Waals surface area (Å²) in [6, 6.07) is 12.2. The lowest BCUT2D eigenvalue weighted by Gasteiger charge is -2.15. The molecule has 36 heavy (non-hydrogen) atoms. The number of benzene rings is 1. The number of rotatable bonds is 4. The van der Waals surface area contributed by atoms with Gasteiger partial charge < -0.3 is 5.32 Å². The number of alkyl halides is 3. The maximum absolute atomic E-state index is 13.3. The largest absolute Gasteiger partial charge is 0.416 e. The van der Waals surface area contributed by atoms with E-state index in [-0.39, 0.29) is 28.3 Å². The van der Waals surface area contributed by atoms with Crippen molar-refractivity contribution in [3.8, 4) is 5.69 Å². The van der Waals surface area contributed by atoms with E-state index in [2.05, 4.69) is 15.3 Å². The molecule has 0 saturated carbocycles. The minimum Gasteiger partial charge on any atom is -0.343 e. The molecule has 0 aliphatic rings. The topological polar surface area (TPSA) is 76.9 Å². The molecule has 0 unspecified atom stereocenters. The average molecular weight is 529 g/mol. The number of pyridine rings is 3. The Bertz CT molecular complexity index is 1670. The molecule has 6 nitrogen and oxygen atoms in total. The van der Waals surface area contributed by atoms with Crippen LogP contribution in [0.3, 0.4) is 0 Å². The van der Waals surface area contributed by atoms with Crippen molar-refractivity contribution >= 4 is 50.7 Å². The second-order valence-corrected chi connectivity index (χ2v) is 9.48. The van der Waals surface area contributed by atoms with E-state index in [0.717, 1.165) is 23.5 Å². The van der Waals surface area contributed by atoms with E-state index >= 15 is 0 Å². The van der Waals surface area contributed by atoms with Crippen LogP contribution in [0.15, 0.2) is 71.0 Å². The number of halogens is 4. The SMILES string of the molecule is C[C@H](NC(=O)c1ccc2c(n1)c1c(Cl)scc1c(=O)n2-c1ccc(C(F)(F)F)cc1)c1ccccn1. The second-order valence-electron chi connectivity index (χ2n) is 8.00. The zero-order valence-electron chi connectivity index (χ0n) is 18.5. The second kappa shape index (κ2) is 9.03. The molecular formula is C25H16ClF3N4O2S. The Morgan fingerprint density at radius 1 is 1.11 bits per heavy atom. The Labute approximate surface area is 211 Å². The molecule has 1 atom stereocenters. The van der Waals surface area contributed by atoms with Gasteiger partial charge in [0.25, 0.3) is 11.5 Å². The molecule has 1 amide bonds. The molecule has 0 spiro atoms. The molecule has 1 N–H and O–H groups in total. The molecule has 1 aromatic carbocycles. The molecule has 4 aromatic heterocycles. The third-order valence-corrected chi connectivity index (χ3v) is 6.92. The molecule has 0 radical (unpaired) electrons. The summed E-state index contributed by atoms with van der Waals surface area (Å²) in [6.45, 7) is 1.79. The van der Waals surface area contributed by atoms with Crippen molar-refractivity contribution in [1.29, 1.82) is 0 Å². The number of amides is 1. The van der Waals surface area contributed by atoms with Gasteiger partial charge in [-0.25, -0.2) is 4.98 Å². The number of thiophene rings is 1. The molecule has 0 saturated heterocycles. The van der Waals surface area contributed by atoms with Crippen LogP contribution < -0.4 is 10.9 Å². The van der Waals surface area contributed by atoms with Gasteiger partial charge in [-0.2, -0.15) is 13.2 Å². The van der Waals surface area contributed by atoms with E-state index in [9.17, 15) is 22.8 Å². The molecule has 182 valence electrons. The summed E-state index contributed by atoms with van der Waals surface area (Å²) in [5, 5.41) is 5.05. The maximum Gasteiger partial charge on any atom is 0.416 e. The van der Waals surface area contributed by atoms with Crippen molar-refractivity contribution in [2.45, 2.75) is 19.1 Å². The van der Waals surface area contributed by atoms with Gasteiger partial charge in [0.15, 0.2) is 0 Å². The predicted molar refractivity (Wildman–Crippen MR) is 133 cm³/mol. The highest BCUT2D eigenvalue weighted by atomic mass is 35.5. The maximum atomic E-state index is 13.3. The van der Waals surface area contributed by atoms with E-state index < -0.39 is 23.2 Å². The minimum absolute atomic E-state index is 0.0893. The first-order valence-electron chi connectivity index (χ1n) is 10.7. The Hall–Kier alpha value is -3.76. The first-order chi connectivity index (χ1) is 17.1. The van der Waals surface area contributed by atoms with Crippen LogP contribution in [0.25, 0.3) is 27.5 Å². The fourth-order valence-electron chi connectivity index (χ4n) is 3.92. The van der Waals surface area contributed by atoms with Crippen LogP contribution in [-0.4, -0.2) is 20.4 Å². The Morgan fingerprint density at radius 2 is 1.86 bits per heavy atom. The lowest BCUT2D eigenvalue weighted by Crippen LogP contribution is -2.28. The molecule has 0 aliphatic heterocycles. The van der Waals surface area contributed by atoms with E-state index in [0.29, 0.717) is 20.9 Å². The van der Waals surface area contributed by atoms with E-state index in [1.165, 1.54) is 28.8 Å². The van der Waals surface area contributed by atoms with Crippen LogP contribution in [0.2, 0.25) is 4.34 Å². The zero-order chi connectivity index (χ0) is 25.6. The minimum atomic E-state index is -4.51. The first-order valence-corrected chi connectivity index (χ1v) is 11.9. The van der Waals surface area contributed by atoms with Gasteiger partial charge in [-0.05, 0) is 55.5 Å². The van der Waals surface area contributed by atoms with Crippen LogP contribution in [0.1, 0.15) is 34.7 Å². The number of hydrogen-bond donors (Lipinski definition) is 1. The Morgan fingerprint density at radius 3 is 2.53 bits per heavy atom. The van der Waals surface area contributed by atoms with Gasteiger partial charge in [0.1, 0.15) is 10.0 Å². The smallest absolute Gasteiger partial charge is 0.343 e. The predicted octanol–water partition coefficient (Wildman–Crippen LogP) is 6.16. The van der Waals surface area contributed by atoms with Crippen molar-refractivity contribution in [3.05, 3.63) is 97.8 Å². The van der Waals surface area contributed by atoms with Crippen LogP contribution in [0.5, 0.6) is 0 Å². The highest BCUT2D eigenvalue weighted by molar-refractivity contribution is 7.16. The van der Waals surface area contributed by atoms with Gasteiger partial charge in [0.2, 0.25) is 0 Å². The molecular weight excluding hydrogens is 513 g/mol. The van der Waals surface area contributed by atoms with Crippen molar-refractivity contribution in [2.24, 2.45) is 0 Å². The molecule has 0 bridgehead atoms. The summed E-state index contributed by atoms with van der Waals surface area (Å²) in [6.07, 6.45) is -2.88. The molecule has 5 rings (SSSR count). The third kappa shape index (κ3) is 4.22. The number of nitrogens with zero attached hydrogens (tertiary/aromatic N) is 3. The van der Waals surface area contributed by atoms with Gasteiger partial charge >= 0.3 is 6.18 Å². The Balaban J connectivity index is 1.64. The number of fused-ring (bicyclic) bond motifs is 3. The zero-order valence-corrected chi connectivity index (χ0v) is 20.1. The normalized spacial score (nSPS) is 12.7. The van der Waals surface area contributed by atoms with Crippen LogP contribution in [0.4, 0.5) is 13.2 Å².